The number of tetrazole rings is 1. The molecule has 0 radical (unpaired) electrons. The second-order valence-corrected chi connectivity index (χ2v) is 9.11. The summed E-state index contributed by atoms with van der Waals surface area (Å²) in [6.45, 7) is 0.494. The highest BCUT2D eigenvalue weighted by Gasteiger charge is 2.26. The molecule has 1 fully saturated rings. The molecule has 5 aromatic rings. The lowest BCUT2D eigenvalue weighted by Gasteiger charge is -2.22. The summed E-state index contributed by atoms with van der Waals surface area (Å²) in [4.78, 5) is 16.4. The Morgan fingerprint density at radius 1 is 0.972 bits per heavy atom. The third-order valence-corrected chi connectivity index (χ3v) is 6.92. The van der Waals surface area contributed by atoms with Crippen LogP contribution in [0.3, 0.4) is 0 Å². The molecule has 36 heavy (non-hydrogen) atoms. The minimum Gasteiger partial charge on any atom is -0.491 e. The molecule has 180 valence electrons. The van der Waals surface area contributed by atoms with Gasteiger partial charge in [-0.2, -0.15) is 0 Å². The van der Waals surface area contributed by atoms with Gasteiger partial charge in [-0.25, -0.2) is 10.1 Å². The van der Waals surface area contributed by atoms with Gasteiger partial charge in [-0.1, -0.05) is 67.8 Å². The third-order valence-electron chi connectivity index (χ3n) is 6.92. The Hall–Kier alpha value is -4.47. The van der Waals surface area contributed by atoms with E-state index < -0.39 is 0 Å². The lowest BCUT2D eigenvalue weighted by atomic mass is 9.88. The molecule has 0 saturated heterocycles. The summed E-state index contributed by atoms with van der Waals surface area (Å²) < 4.78 is 2.01. The number of imidazole rings is 1. The first kappa shape index (κ1) is 22.0. The Morgan fingerprint density at radius 2 is 1.75 bits per heavy atom. The molecule has 0 atom stereocenters. The molecule has 6 rings (SSSR count). The molecule has 1 aliphatic carbocycles. The number of aldehydes is 1. The van der Waals surface area contributed by atoms with E-state index in [0.29, 0.717) is 29.7 Å². The average molecular weight is 481 g/mol. The van der Waals surface area contributed by atoms with Crippen molar-refractivity contribution in [1.82, 2.24) is 40.4 Å². The second-order valence-electron chi connectivity index (χ2n) is 9.11. The van der Waals surface area contributed by atoms with Crippen molar-refractivity contribution >= 4 is 17.3 Å². The maximum atomic E-state index is 11.6. The number of rotatable bonds is 6. The van der Waals surface area contributed by atoms with E-state index in [4.69, 9.17) is 4.98 Å². The molecule has 0 spiro atoms. The van der Waals surface area contributed by atoms with Crippen LogP contribution in [0.15, 0.2) is 48.5 Å². The average Bonchev–Trinajstić information content (AvgIpc) is 3.60. The smallest absolute Gasteiger partial charge is 0.257 e. The minimum atomic E-state index is -0.212. The summed E-state index contributed by atoms with van der Waals surface area (Å²) in [5.41, 5.74) is 5.02. The lowest BCUT2D eigenvalue weighted by Crippen LogP contribution is -2.13. The first-order chi connectivity index (χ1) is 17.7. The molecule has 10 nitrogen and oxygen atoms in total. The first-order valence-electron chi connectivity index (χ1n) is 12.1. The lowest BCUT2D eigenvalue weighted by molar-refractivity contribution is 0.111. The fourth-order valence-corrected chi connectivity index (χ4v) is 5.17. The van der Waals surface area contributed by atoms with Crippen molar-refractivity contribution in [3.63, 3.8) is 0 Å². The van der Waals surface area contributed by atoms with Crippen molar-refractivity contribution < 1.29 is 9.90 Å². The van der Waals surface area contributed by atoms with Gasteiger partial charge in [-0.15, -0.1) is 15.3 Å². The number of hydrogen-bond donors (Lipinski definition) is 2. The Bertz CT molecular complexity index is 1520. The summed E-state index contributed by atoms with van der Waals surface area (Å²) >= 11 is 0. The number of nitrogens with zero attached hydrogens (tertiary/aromatic N) is 7. The summed E-state index contributed by atoms with van der Waals surface area (Å²) in [5, 5.41) is 32.6. The topological polar surface area (TPSA) is 135 Å². The second kappa shape index (κ2) is 9.29. The van der Waals surface area contributed by atoms with Gasteiger partial charge in [0.05, 0.1) is 0 Å². The monoisotopic (exact) mass is 480 g/mol. The van der Waals surface area contributed by atoms with Crippen molar-refractivity contribution in [3.05, 3.63) is 65.6 Å². The highest BCUT2D eigenvalue weighted by atomic mass is 16.3. The number of aromatic nitrogens is 8. The normalized spacial score (nSPS) is 14.3. The van der Waals surface area contributed by atoms with E-state index in [1.807, 2.05) is 28.8 Å². The molecule has 0 unspecified atom stereocenters. The Morgan fingerprint density at radius 3 is 2.47 bits per heavy atom. The van der Waals surface area contributed by atoms with Gasteiger partial charge in [0.15, 0.2) is 17.8 Å². The number of nitrogens with one attached hydrogen (secondary N) is 1. The molecule has 2 aromatic carbocycles. The van der Waals surface area contributed by atoms with Gasteiger partial charge in [0.1, 0.15) is 16.9 Å². The van der Waals surface area contributed by atoms with E-state index in [1.54, 1.807) is 0 Å². The molecule has 1 aliphatic rings. The van der Waals surface area contributed by atoms with Crippen LogP contribution in [0.2, 0.25) is 0 Å². The molecule has 0 aliphatic heterocycles. The van der Waals surface area contributed by atoms with Crippen LogP contribution in [0.4, 0.5) is 0 Å². The Kier molecular flexibility index (Phi) is 5.68. The van der Waals surface area contributed by atoms with Crippen molar-refractivity contribution in [2.24, 2.45) is 0 Å². The van der Waals surface area contributed by atoms with Crippen LogP contribution in [-0.4, -0.2) is 51.8 Å². The van der Waals surface area contributed by atoms with Crippen LogP contribution < -0.4 is 0 Å². The number of fused-ring (bicyclic) bond motifs is 1. The van der Waals surface area contributed by atoms with Gasteiger partial charge in [0, 0.05) is 18.0 Å². The predicted molar refractivity (Wildman–Crippen MR) is 132 cm³/mol. The van der Waals surface area contributed by atoms with Crippen LogP contribution in [0.5, 0.6) is 5.88 Å². The molecule has 0 bridgehead atoms. The zero-order chi connectivity index (χ0) is 24.5. The summed E-state index contributed by atoms with van der Waals surface area (Å²) in [6, 6.07) is 16.2. The van der Waals surface area contributed by atoms with E-state index in [9.17, 15) is 9.90 Å². The van der Waals surface area contributed by atoms with Crippen molar-refractivity contribution in [1.29, 1.82) is 0 Å². The van der Waals surface area contributed by atoms with Crippen LogP contribution in [-0.2, 0) is 6.54 Å². The van der Waals surface area contributed by atoms with E-state index in [-0.39, 0.29) is 17.5 Å². The van der Waals surface area contributed by atoms with Gasteiger partial charge in [-0.3, -0.25) is 4.79 Å². The van der Waals surface area contributed by atoms with E-state index >= 15 is 0 Å². The van der Waals surface area contributed by atoms with Crippen LogP contribution in [0.25, 0.3) is 33.5 Å². The third kappa shape index (κ3) is 3.90. The van der Waals surface area contributed by atoms with Gasteiger partial charge >= 0.3 is 0 Å². The molecule has 0 amide bonds. The highest BCUT2D eigenvalue weighted by Crippen LogP contribution is 2.36. The maximum absolute atomic E-state index is 11.6. The molecular formula is C26H24N8O2. The molecule has 3 heterocycles. The number of aromatic amines is 1. The first-order valence-corrected chi connectivity index (χ1v) is 12.1. The van der Waals surface area contributed by atoms with E-state index in [0.717, 1.165) is 53.8 Å². The van der Waals surface area contributed by atoms with Crippen molar-refractivity contribution in [2.75, 3.05) is 0 Å². The molecular weight excluding hydrogens is 456 g/mol. The molecule has 10 heteroatoms. The van der Waals surface area contributed by atoms with E-state index in [2.05, 4.69) is 55.1 Å². The summed E-state index contributed by atoms with van der Waals surface area (Å²) in [5.74, 6) is 1.55. The number of hydrogen-bond acceptors (Lipinski definition) is 8. The van der Waals surface area contributed by atoms with Gasteiger partial charge in [0.2, 0.25) is 0 Å². The Balaban J connectivity index is 1.39. The number of H-pyrrole nitrogens is 1. The molecule has 1 saturated carbocycles. The van der Waals surface area contributed by atoms with Crippen LogP contribution in [0.1, 0.15) is 59.9 Å². The van der Waals surface area contributed by atoms with Gasteiger partial charge in [-0.05, 0) is 40.0 Å². The van der Waals surface area contributed by atoms with Gasteiger partial charge < -0.3 is 9.67 Å². The minimum absolute atomic E-state index is 0.146. The van der Waals surface area contributed by atoms with Crippen molar-refractivity contribution in [3.8, 4) is 28.4 Å². The SMILES string of the molecule is O=Cc1nnc(O)c2c1nc(C1CCCCC1)n2Cc1ccc(-c2ccccc2-c2nnn[nH]2)cc1. The quantitative estimate of drug-likeness (QED) is 0.344. The zero-order valence-corrected chi connectivity index (χ0v) is 19.5. The van der Waals surface area contributed by atoms with Crippen LogP contribution in [0, 0.1) is 0 Å². The predicted octanol–water partition coefficient (Wildman–Crippen LogP) is 4.29. The van der Waals surface area contributed by atoms with Crippen LogP contribution >= 0.6 is 0 Å². The number of aromatic hydroxyl groups is 1. The Labute approximate surface area is 206 Å². The maximum Gasteiger partial charge on any atom is 0.257 e. The fraction of sp³-hybridized carbons (Fsp3) is 0.269. The number of benzene rings is 2. The number of carbonyl (C=O) groups excluding carboxylic acids is 1. The fourth-order valence-electron chi connectivity index (χ4n) is 5.17. The number of carbonyl (C=O) groups is 1. The zero-order valence-electron chi connectivity index (χ0n) is 19.5. The molecule has 2 N–H and O–H groups in total. The van der Waals surface area contributed by atoms with Crippen molar-refractivity contribution in [2.45, 2.75) is 44.6 Å². The largest absolute Gasteiger partial charge is 0.491 e. The standard InChI is InChI=1S/C26H24N8O2/c35-15-21-22-23(26(36)31-28-21)34(25(27-22)18-6-2-1-3-7-18)14-16-10-12-17(13-11-16)19-8-4-5-9-20(19)24-29-32-33-30-24/h4-5,8-13,15,18H,1-3,6-7,14H2,(H,31,36)(H,29,30,32,33). The molecule has 3 aromatic heterocycles. The highest BCUT2D eigenvalue weighted by molar-refractivity contribution is 5.94. The summed E-state index contributed by atoms with van der Waals surface area (Å²) in [6.07, 6.45) is 6.23. The van der Waals surface area contributed by atoms with E-state index in [1.165, 1.54) is 6.42 Å². The summed E-state index contributed by atoms with van der Waals surface area (Å²) in [7, 11) is 0. The van der Waals surface area contributed by atoms with Gasteiger partial charge in [0.25, 0.3) is 5.88 Å².